The van der Waals surface area contributed by atoms with E-state index in [-0.39, 0.29) is 29.3 Å². The van der Waals surface area contributed by atoms with Gasteiger partial charge in [0.05, 0.1) is 17.6 Å². The van der Waals surface area contributed by atoms with Crippen LogP contribution in [0.15, 0.2) is 47.5 Å². The van der Waals surface area contributed by atoms with Gasteiger partial charge in [0, 0.05) is 25.4 Å². The fourth-order valence-corrected chi connectivity index (χ4v) is 4.02. The van der Waals surface area contributed by atoms with Gasteiger partial charge in [-0.05, 0) is 49.7 Å². The lowest BCUT2D eigenvalue weighted by molar-refractivity contribution is 0.0997. The Morgan fingerprint density at radius 1 is 1.03 bits per heavy atom. The van der Waals surface area contributed by atoms with Crippen LogP contribution in [0.25, 0.3) is 0 Å². The maximum Gasteiger partial charge on any atom is 0.252 e. The number of rotatable bonds is 10. The zero-order valence-electron chi connectivity index (χ0n) is 18.4. The van der Waals surface area contributed by atoms with Crippen LogP contribution in [0, 0.1) is 13.8 Å². The number of hydrogen-bond donors (Lipinski definition) is 4. The first-order valence-electron chi connectivity index (χ1n) is 9.94. The van der Waals surface area contributed by atoms with Gasteiger partial charge in [-0.1, -0.05) is 0 Å². The Kier molecular flexibility index (Phi) is 7.41. The zero-order valence-corrected chi connectivity index (χ0v) is 19.2. The summed E-state index contributed by atoms with van der Waals surface area (Å²) in [5.74, 6) is 1.69. The molecule has 0 unspecified atom stereocenters. The number of primary amides is 1. The number of benzene rings is 1. The third kappa shape index (κ3) is 6.37. The molecule has 2 heterocycles. The number of nitrogens with two attached hydrogens (primary N) is 1. The third-order valence-electron chi connectivity index (χ3n) is 4.48. The molecule has 0 aliphatic heterocycles. The second kappa shape index (κ2) is 10.2. The standard InChI is InChI=1S/C21H25N7O4S/c1-13-6-7-23-18(10-13)28-20-12-19(26-14(2)27-20)24-8-9-25-33(30,31)15-4-5-17(32-3)16(11-15)21(22)29/h4-7,10-12,25H,8-9H2,1-3H3,(H2,22,29)(H2,23,24,26,27,28). The predicted octanol–water partition coefficient (Wildman–Crippen LogP) is 1.73. The number of pyridine rings is 1. The number of aromatic nitrogens is 3. The molecule has 2 aromatic heterocycles. The molecule has 0 aliphatic rings. The van der Waals surface area contributed by atoms with E-state index >= 15 is 0 Å². The number of aryl methyl sites for hydroxylation is 2. The number of amides is 1. The molecule has 3 aromatic rings. The summed E-state index contributed by atoms with van der Waals surface area (Å²) in [6.45, 7) is 4.05. The summed E-state index contributed by atoms with van der Waals surface area (Å²) in [6, 6.07) is 9.39. The minimum absolute atomic E-state index is 0.0157. The number of carbonyl (C=O) groups is 1. The molecule has 5 N–H and O–H groups in total. The Labute approximate surface area is 191 Å². The highest BCUT2D eigenvalue weighted by Crippen LogP contribution is 2.22. The van der Waals surface area contributed by atoms with Crippen molar-refractivity contribution in [1.82, 2.24) is 19.7 Å². The molecule has 0 saturated heterocycles. The largest absolute Gasteiger partial charge is 0.496 e. The van der Waals surface area contributed by atoms with Gasteiger partial charge in [0.2, 0.25) is 10.0 Å². The second-order valence-electron chi connectivity index (χ2n) is 7.08. The molecule has 12 heteroatoms. The number of ether oxygens (including phenoxy) is 1. The predicted molar refractivity (Wildman–Crippen MR) is 124 cm³/mol. The summed E-state index contributed by atoms with van der Waals surface area (Å²) in [5, 5.41) is 6.19. The molecule has 1 aromatic carbocycles. The van der Waals surface area contributed by atoms with Crippen molar-refractivity contribution in [2.75, 3.05) is 30.8 Å². The van der Waals surface area contributed by atoms with Crippen LogP contribution < -0.4 is 25.8 Å². The van der Waals surface area contributed by atoms with Crippen LogP contribution >= 0.6 is 0 Å². The molecule has 11 nitrogen and oxygen atoms in total. The fourth-order valence-electron chi connectivity index (χ4n) is 2.96. The first-order valence-corrected chi connectivity index (χ1v) is 11.4. The number of sulfonamides is 1. The first kappa shape index (κ1) is 23.9. The van der Waals surface area contributed by atoms with Crippen LogP contribution in [0.3, 0.4) is 0 Å². The number of methoxy groups -OCH3 is 1. The number of carbonyl (C=O) groups excluding carboxylic acids is 1. The van der Waals surface area contributed by atoms with E-state index in [4.69, 9.17) is 10.5 Å². The Morgan fingerprint density at radius 2 is 1.79 bits per heavy atom. The molecule has 0 spiro atoms. The number of hydrogen-bond acceptors (Lipinski definition) is 9. The quantitative estimate of drug-likeness (QED) is 0.323. The average molecular weight is 472 g/mol. The summed E-state index contributed by atoms with van der Waals surface area (Å²) < 4.78 is 32.7. The minimum Gasteiger partial charge on any atom is -0.496 e. The van der Waals surface area contributed by atoms with Gasteiger partial charge < -0.3 is 21.1 Å². The Morgan fingerprint density at radius 3 is 2.48 bits per heavy atom. The summed E-state index contributed by atoms with van der Waals surface area (Å²) in [5.41, 5.74) is 6.35. The fraction of sp³-hybridized carbons (Fsp3) is 0.238. The molecule has 33 heavy (non-hydrogen) atoms. The Balaban J connectivity index is 1.62. The van der Waals surface area contributed by atoms with Crippen LogP contribution in [-0.2, 0) is 10.0 Å². The van der Waals surface area contributed by atoms with Crippen molar-refractivity contribution < 1.29 is 17.9 Å². The zero-order chi connectivity index (χ0) is 24.0. The van der Waals surface area contributed by atoms with E-state index < -0.39 is 15.9 Å². The van der Waals surface area contributed by atoms with Crippen molar-refractivity contribution in [3.8, 4) is 5.75 Å². The SMILES string of the molecule is COc1ccc(S(=O)(=O)NCCNc2cc(Nc3cc(C)ccn3)nc(C)n2)cc1C(N)=O. The summed E-state index contributed by atoms with van der Waals surface area (Å²) >= 11 is 0. The highest BCUT2D eigenvalue weighted by molar-refractivity contribution is 7.89. The van der Waals surface area contributed by atoms with Gasteiger partial charge in [0.1, 0.15) is 29.0 Å². The molecular formula is C21H25N7O4S. The van der Waals surface area contributed by atoms with Crippen molar-refractivity contribution in [3.63, 3.8) is 0 Å². The smallest absolute Gasteiger partial charge is 0.252 e. The molecule has 0 saturated carbocycles. The van der Waals surface area contributed by atoms with E-state index in [9.17, 15) is 13.2 Å². The third-order valence-corrected chi connectivity index (χ3v) is 5.94. The van der Waals surface area contributed by atoms with Crippen molar-refractivity contribution >= 4 is 33.4 Å². The van der Waals surface area contributed by atoms with Gasteiger partial charge in [0.25, 0.3) is 5.91 Å². The number of anilines is 3. The highest BCUT2D eigenvalue weighted by Gasteiger charge is 2.18. The van der Waals surface area contributed by atoms with Crippen LogP contribution in [0.1, 0.15) is 21.7 Å². The lowest BCUT2D eigenvalue weighted by atomic mass is 10.2. The van der Waals surface area contributed by atoms with E-state index in [2.05, 4.69) is 30.3 Å². The van der Waals surface area contributed by atoms with Gasteiger partial charge in [0.15, 0.2) is 0 Å². The van der Waals surface area contributed by atoms with Crippen LogP contribution in [0.2, 0.25) is 0 Å². The van der Waals surface area contributed by atoms with Crippen LogP contribution in [0.5, 0.6) is 5.75 Å². The normalized spacial score (nSPS) is 11.1. The van der Waals surface area contributed by atoms with E-state index in [0.29, 0.717) is 23.3 Å². The van der Waals surface area contributed by atoms with Crippen molar-refractivity contribution in [3.05, 3.63) is 59.5 Å². The monoisotopic (exact) mass is 471 g/mol. The molecule has 174 valence electrons. The van der Waals surface area contributed by atoms with Gasteiger partial charge >= 0.3 is 0 Å². The summed E-state index contributed by atoms with van der Waals surface area (Å²) in [4.78, 5) is 24.4. The van der Waals surface area contributed by atoms with Crippen molar-refractivity contribution in [2.24, 2.45) is 5.73 Å². The Hall–Kier alpha value is -3.77. The number of nitrogens with zero attached hydrogens (tertiary/aromatic N) is 3. The molecule has 0 fully saturated rings. The van der Waals surface area contributed by atoms with Crippen molar-refractivity contribution in [2.45, 2.75) is 18.7 Å². The molecule has 0 aliphatic carbocycles. The minimum atomic E-state index is -3.86. The van der Waals surface area contributed by atoms with E-state index in [1.807, 2.05) is 19.1 Å². The molecule has 3 rings (SSSR count). The van der Waals surface area contributed by atoms with Gasteiger partial charge in [-0.15, -0.1) is 0 Å². The maximum atomic E-state index is 12.6. The molecule has 0 bridgehead atoms. The topological polar surface area (TPSA) is 161 Å². The summed E-state index contributed by atoms with van der Waals surface area (Å²) in [6.07, 6.45) is 1.70. The first-order chi connectivity index (χ1) is 15.7. The molecule has 0 atom stereocenters. The van der Waals surface area contributed by atoms with Crippen molar-refractivity contribution in [1.29, 1.82) is 0 Å². The molecule has 0 radical (unpaired) electrons. The van der Waals surface area contributed by atoms with E-state index in [0.717, 1.165) is 5.56 Å². The van der Waals surface area contributed by atoms with E-state index in [1.165, 1.54) is 25.3 Å². The Bertz CT molecular complexity index is 1270. The van der Waals surface area contributed by atoms with Crippen LogP contribution in [-0.4, -0.2) is 49.5 Å². The lowest BCUT2D eigenvalue weighted by Crippen LogP contribution is -2.29. The van der Waals surface area contributed by atoms with Gasteiger partial charge in [-0.25, -0.2) is 28.1 Å². The van der Waals surface area contributed by atoms with Gasteiger partial charge in [-0.2, -0.15) is 0 Å². The summed E-state index contributed by atoms with van der Waals surface area (Å²) in [7, 11) is -2.50. The lowest BCUT2D eigenvalue weighted by Gasteiger charge is -2.12. The molecular weight excluding hydrogens is 446 g/mol. The van der Waals surface area contributed by atoms with Gasteiger partial charge in [-0.3, -0.25) is 4.79 Å². The average Bonchev–Trinajstić information content (AvgIpc) is 2.76. The van der Waals surface area contributed by atoms with Crippen LogP contribution in [0.4, 0.5) is 17.5 Å². The second-order valence-corrected chi connectivity index (χ2v) is 8.85. The number of nitrogens with one attached hydrogen (secondary N) is 3. The van der Waals surface area contributed by atoms with E-state index in [1.54, 1.807) is 19.2 Å². The maximum absolute atomic E-state index is 12.6. The molecule has 1 amide bonds. The highest BCUT2D eigenvalue weighted by atomic mass is 32.2.